The summed E-state index contributed by atoms with van der Waals surface area (Å²) < 4.78 is 0. The first-order valence-electron chi connectivity index (χ1n) is 10.6. The highest BCUT2D eigenvalue weighted by Crippen LogP contribution is 2.25. The van der Waals surface area contributed by atoms with E-state index in [2.05, 4.69) is 15.6 Å². The molecule has 1 aromatic heterocycles. The van der Waals surface area contributed by atoms with Crippen molar-refractivity contribution in [3.05, 3.63) is 24.4 Å². The number of hydrogen-bond acceptors (Lipinski definition) is 5. The van der Waals surface area contributed by atoms with Gasteiger partial charge in [0.2, 0.25) is 18.2 Å². The van der Waals surface area contributed by atoms with Crippen molar-refractivity contribution in [3.63, 3.8) is 0 Å². The number of hydroxylamine groups is 2. The van der Waals surface area contributed by atoms with Crippen LogP contribution in [0.25, 0.3) is 0 Å². The molecule has 0 fully saturated rings. The van der Waals surface area contributed by atoms with Gasteiger partial charge in [0, 0.05) is 6.20 Å². The van der Waals surface area contributed by atoms with Gasteiger partial charge in [-0.3, -0.25) is 19.6 Å². The first kappa shape index (κ1) is 25.6. The number of anilines is 1. The van der Waals surface area contributed by atoms with Crippen LogP contribution in [0.5, 0.6) is 0 Å². The fraction of sp³-hybridized carbons (Fsp3) is 0.636. The van der Waals surface area contributed by atoms with Gasteiger partial charge in [0.1, 0.15) is 11.9 Å². The van der Waals surface area contributed by atoms with Gasteiger partial charge in [-0.2, -0.15) is 0 Å². The Balaban J connectivity index is 3.12. The SMILES string of the molecule is CCC(C)C(NC(=O)C(CC(C)C)C(C(C)C)N(O)C=O)C(=O)Nc1ccccn1. The number of amides is 3. The summed E-state index contributed by atoms with van der Waals surface area (Å²) in [4.78, 5) is 41.5. The minimum absolute atomic E-state index is 0.119. The number of aromatic nitrogens is 1. The van der Waals surface area contributed by atoms with Gasteiger partial charge >= 0.3 is 0 Å². The summed E-state index contributed by atoms with van der Waals surface area (Å²) in [6.07, 6.45) is 3.05. The molecule has 0 aromatic carbocycles. The van der Waals surface area contributed by atoms with Gasteiger partial charge in [-0.25, -0.2) is 10.0 Å². The van der Waals surface area contributed by atoms with Crippen LogP contribution in [-0.4, -0.2) is 45.6 Å². The highest BCUT2D eigenvalue weighted by atomic mass is 16.5. The summed E-state index contributed by atoms with van der Waals surface area (Å²) in [6, 6.07) is 3.73. The molecule has 0 bridgehead atoms. The van der Waals surface area contributed by atoms with Crippen LogP contribution in [0.15, 0.2) is 24.4 Å². The average Bonchev–Trinajstić information content (AvgIpc) is 2.70. The standard InChI is InChI=1S/C22H36N4O4/c1-7-16(6)19(22(29)24-18-10-8-9-11-23-18)25-21(28)17(12-14(2)3)20(15(4)5)26(30)13-27/h8-11,13-17,19-20,30H,7,12H2,1-6H3,(H,25,28)(H,23,24,29). The van der Waals surface area contributed by atoms with E-state index in [4.69, 9.17) is 0 Å². The molecule has 4 atom stereocenters. The molecule has 0 radical (unpaired) electrons. The van der Waals surface area contributed by atoms with Crippen LogP contribution in [-0.2, 0) is 14.4 Å². The Hall–Kier alpha value is -2.48. The first-order valence-corrected chi connectivity index (χ1v) is 10.6. The smallest absolute Gasteiger partial charge is 0.248 e. The molecule has 0 aliphatic rings. The van der Waals surface area contributed by atoms with Gasteiger partial charge in [-0.05, 0) is 36.3 Å². The molecule has 1 aromatic rings. The summed E-state index contributed by atoms with van der Waals surface area (Å²) in [7, 11) is 0. The van der Waals surface area contributed by atoms with E-state index >= 15 is 0 Å². The first-order chi connectivity index (χ1) is 14.1. The third-order valence-corrected chi connectivity index (χ3v) is 5.28. The average molecular weight is 421 g/mol. The maximum Gasteiger partial charge on any atom is 0.248 e. The lowest BCUT2D eigenvalue weighted by atomic mass is 9.83. The molecule has 8 heteroatoms. The van der Waals surface area contributed by atoms with E-state index in [0.29, 0.717) is 30.1 Å². The summed E-state index contributed by atoms with van der Waals surface area (Å²) in [5, 5.41) is 16.3. The van der Waals surface area contributed by atoms with Crippen molar-refractivity contribution in [3.8, 4) is 0 Å². The van der Waals surface area contributed by atoms with E-state index in [1.165, 1.54) is 0 Å². The zero-order valence-corrected chi connectivity index (χ0v) is 18.8. The van der Waals surface area contributed by atoms with Crippen molar-refractivity contribution in [2.45, 2.75) is 66.5 Å². The third kappa shape index (κ3) is 7.40. The lowest BCUT2D eigenvalue weighted by Gasteiger charge is -2.35. The Labute approximate surface area is 179 Å². The summed E-state index contributed by atoms with van der Waals surface area (Å²) in [5.41, 5.74) is 0. The Morgan fingerprint density at radius 2 is 1.83 bits per heavy atom. The summed E-state index contributed by atoms with van der Waals surface area (Å²) in [5.74, 6) is -1.07. The summed E-state index contributed by atoms with van der Waals surface area (Å²) >= 11 is 0. The summed E-state index contributed by atoms with van der Waals surface area (Å²) in [6.45, 7) is 11.5. The molecular formula is C22H36N4O4. The number of nitrogens with one attached hydrogen (secondary N) is 2. The van der Waals surface area contributed by atoms with Crippen LogP contribution in [0.4, 0.5) is 5.82 Å². The number of nitrogens with zero attached hydrogens (tertiary/aromatic N) is 2. The molecule has 0 aliphatic heterocycles. The molecule has 3 amide bonds. The fourth-order valence-corrected chi connectivity index (χ4v) is 3.54. The predicted molar refractivity (Wildman–Crippen MR) is 116 cm³/mol. The molecule has 168 valence electrons. The van der Waals surface area contributed by atoms with Crippen LogP contribution >= 0.6 is 0 Å². The Morgan fingerprint density at radius 1 is 1.17 bits per heavy atom. The van der Waals surface area contributed by atoms with Crippen LogP contribution < -0.4 is 10.6 Å². The molecule has 0 saturated carbocycles. The van der Waals surface area contributed by atoms with E-state index in [-0.39, 0.29) is 29.6 Å². The van der Waals surface area contributed by atoms with Crippen molar-refractivity contribution >= 4 is 24.0 Å². The van der Waals surface area contributed by atoms with Crippen LogP contribution in [0.1, 0.15) is 54.4 Å². The minimum Gasteiger partial charge on any atom is -0.344 e. The fourth-order valence-electron chi connectivity index (χ4n) is 3.54. The van der Waals surface area contributed by atoms with E-state index in [9.17, 15) is 19.6 Å². The van der Waals surface area contributed by atoms with Crippen molar-refractivity contribution < 1.29 is 19.6 Å². The maximum absolute atomic E-state index is 13.3. The third-order valence-electron chi connectivity index (χ3n) is 5.28. The van der Waals surface area contributed by atoms with E-state index in [1.54, 1.807) is 24.4 Å². The van der Waals surface area contributed by atoms with Crippen LogP contribution in [0.2, 0.25) is 0 Å². The van der Waals surface area contributed by atoms with Crippen molar-refractivity contribution in [1.29, 1.82) is 0 Å². The topological polar surface area (TPSA) is 112 Å². The molecule has 0 spiro atoms. The van der Waals surface area contributed by atoms with Crippen LogP contribution in [0, 0.1) is 23.7 Å². The van der Waals surface area contributed by atoms with Gasteiger partial charge in [-0.15, -0.1) is 0 Å². The van der Waals surface area contributed by atoms with Crippen LogP contribution in [0.3, 0.4) is 0 Å². The van der Waals surface area contributed by atoms with E-state index in [1.807, 2.05) is 41.5 Å². The number of carbonyl (C=O) groups is 3. The lowest BCUT2D eigenvalue weighted by Crippen LogP contribution is -2.54. The second-order valence-corrected chi connectivity index (χ2v) is 8.53. The Bertz CT molecular complexity index is 681. The van der Waals surface area contributed by atoms with Gasteiger partial charge < -0.3 is 10.6 Å². The molecule has 0 saturated heterocycles. The number of pyridine rings is 1. The lowest BCUT2D eigenvalue weighted by molar-refractivity contribution is -0.174. The van der Waals surface area contributed by atoms with Crippen molar-refractivity contribution in [1.82, 2.24) is 15.4 Å². The molecule has 1 rings (SSSR count). The van der Waals surface area contributed by atoms with Gasteiger partial charge in [0.15, 0.2) is 0 Å². The molecule has 30 heavy (non-hydrogen) atoms. The Kier molecular flexibility index (Phi) is 10.5. The maximum atomic E-state index is 13.3. The highest BCUT2D eigenvalue weighted by Gasteiger charge is 2.37. The number of rotatable bonds is 12. The van der Waals surface area contributed by atoms with E-state index < -0.39 is 18.0 Å². The number of hydrogen-bond donors (Lipinski definition) is 3. The monoisotopic (exact) mass is 420 g/mol. The normalized spacial score (nSPS) is 15.2. The highest BCUT2D eigenvalue weighted by molar-refractivity contribution is 5.97. The molecule has 4 unspecified atom stereocenters. The molecule has 1 heterocycles. The molecular weight excluding hydrogens is 384 g/mol. The quantitative estimate of drug-likeness (QED) is 0.273. The molecule has 0 aliphatic carbocycles. The zero-order valence-electron chi connectivity index (χ0n) is 18.8. The predicted octanol–water partition coefficient (Wildman–Crippen LogP) is 3.09. The van der Waals surface area contributed by atoms with Gasteiger partial charge in [0.25, 0.3) is 0 Å². The second-order valence-electron chi connectivity index (χ2n) is 8.53. The van der Waals surface area contributed by atoms with Crippen molar-refractivity contribution in [2.75, 3.05) is 5.32 Å². The van der Waals surface area contributed by atoms with Gasteiger partial charge in [-0.1, -0.05) is 54.0 Å². The van der Waals surface area contributed by atoms with Gasteiger partial charge in [0.05, 0.1) is 12.0 Å². The second kappa shape index (κ2) is 12.3. The van der Waals surface area contributed by atoms with E-state index in [0.717, 1.165) is 0 Å². The molecule has 8 nitrogen and oxygen atoms in total. The minimum atomic E-state index is -0.768. The molecule has 3 N–H and O–H groups in total. The van der Waals surface area contributed by atoms with Crippen molar-refractivity contribution in [2.24, 2.45) is 23.7 Å². The largest absolute Gasteiger partial charge is 0.344 e. The Morgan fingerprint density at radius 3 is 2.30 bits per heavy atom. The number of carbonyl (C=O) groups excluding carboxylic acids is 3. The zero-order chi connectivity index (χ0) is 22.8.